The van der Waals surface area contributed by atoms with E-state index in [2.05, 4.69) is 6.92 Å². The highest BCUT2D eigenvalue weighted by Gasteiger charge is 2.27. The van der Waals surface area contributed by atoms with Gasteiger partial charge in [-0.1, -0.05) is 31.0 Å². The highest BCUT2D eigenvalue weighted by Crippen LogP contribution is 2.37. The molecule has 0 aromatic heterocycles. The van der Waals surface area contributed by atoms with Crippen molar-refractivity contribution in [3.8, 4) is 0 Å². The van der Waals surface area contributed by atoms with Gasteiger partial charge in [0.2, 0.25) is 8.87 Å². The molecule has 0 spiro atoms. The predicted octanol–water partition coefficient (Wildman–Crippen LogP) is 4.00. The highest BCUT2D eigenvalue weighted by atomic mass is 33.1. The fraction of sp³-hybridized carbons (Fsp3) is 0.538. The first-order valence-electron chi connectivity index (χ1n) is 5.79. The Hall–Kier alpha value is -0.480. The van der Waals surface area contributed by atoms with Gasteiger partial charge in [-0.15, -0.1) is 0 Å². The Morgan fingerprint density at radius 1 is 1.18 bits per heavy atom. The molecule has 0 heterocycles. The molecule has 0 aliphatic heterocycles. The topological polar surface area (TPSA) is 34.1 Å². The monoisotopic (exact) mass is 272 g/mol. The normalized spacial score (nSPS) is 12.7. The van der Waals surface area contributed by atoms with Crippen molar-refractivity contribution in [1.82, 2.24) is 0 Å². The molecule has 0 aliphatic carbocycles. The molecule has 1 rings (SSSR count). The molecule has 0 saturated heterocycles. The Morgan fingerprint density at radius 3 is 2.18 bits per heavy atom. The molecule has 0 N–H and O–H groups in total. The summed E-state index contributed by atoms with van der Waals surface area (Å²) in [6.07, 6.45) is 1.88. The SMILES string of the molecule is CCCC(C)(C)SS(=O)(=O)c1ccc(C)cc1. The van der Waals surface area contributed by atoms with Crippen LogP contribution in [0.2, 0.25) is 0 Å². The van der Waals surface area contributed by atoms with Gasteiger partial charge >= 0.3 is 0 Å². The number of rotatable bonds is 5. The average molecular weight is 272 g/mol. The Kier molecular flexibility index (Phi) is 4.67. The van der Waals surface area contributed by atoms with Crippen LogP contribution in [0.1, 0.15) is 39.2 Å². The molecule has 0 saturated carbocycles. The third kappa shape index (κ3) is 4.36. The van der Waals surface area contributed by atoms with Gasteiger partial charge in [0, 0.05) is 4.75 Å². The van der Waals surface area contributed by atoms with Crippen LogP contribution >= 0.6 is 10.8 Å². The molecule has 4 heteroatoms. The van der Waals surface area contributed by atoms with Crippen LogP contribution in [0.25, 0.3) is 0 Å². The fourth-order valence-corrected chi connectivity index (χ4v) is 5.79. The van der Waals surface area contributed by atoms with Crippen LogP contribution < -0.4 is 0 Å². The zero-order valence-corrected chi connectivity index (χ0v) is 12.5. The van der Waals surface area contributed by atoms with Gasteiger partial charge in [0.1, 0.15) is 0 Å². The largest absolute Gasteiger partial charge is 0.230 e. The third-order valence-electron chi connectivity index (χ3n) is 2.50. The zero-order valence-electron chi connectivity index (χ0n) is 10.9. The van der Waals surface area contributed by atoms with E-state index in [0.29, 0.717) is 4.90 Å². The van der Waals surface area contributed by atoms with E-state index < -0.39 is 8.87 Å². The molecule has 96 valence electrons. The quantitative estimate of drug-likeness (QED) is 0.760. The van der Waals surface area contributed by atoms with Crippen LogP contribution in [-0.2, 0) is 8.87 Å². The number of aryl methyl sites for hydroxylation is 1. The van der Waals surface area contributed by atoms with Gasteiger partial charge < -0.3 is 0 Å². The van der Waals surface area contributed by atoms with Crippen molar-refractivity contribution in [1.29, 1.82) is 0 Å². The molecule has 0 radical (unpaired) electrons. The summed E-state index contributed by atoms with van der Waals surface area (Å²) in [5, 5.41) is 0. The van der Waals surface area contributed by atoms with Gasteiger partial charge in [-0.05, 0) is 50.1 Å². The summed E-state index contributed by atoms with van der Waals surface area (Å²) in [5.74, 6) is 0. The average Bonchev–Trinajstić information content (AvgIpc) is 2.16. The van der Waals surface area contributed by atoms with Crippen LogP contribution in [0, 0.1) is 6.92 Å². The minimum absolute atomic E-state index is 0.238. The van der Waals surface area contributed by atoms with Gasteiger partial charge in [-0.2, -0.15) is 0 Å². The summed E-state index contributed by atoms with van der Waals surface area (Å²) < 4.78 is 24.2. The molecule has 2 nitrogen and oxygen atoms in total. The first kappa shape index (κ1) is 14.6. The van der Waals surface area contributed by atoms with Crippen LogP contribution in [-0.4, -0.2) is 13.2 Å². The van der Waals surface area contributed by atoms with E-state index >= 15 is 0 Å². The second-order valence-corrected chi connectivity index (χ2v) is 9.33. The lowest BCUT2D eigenvalue weighted by molar-refractivity contribution is 0.604. The first-order valence-corrected chi connectivity index (χ1v) is 8.61. The molecule has 0 bridgehead atoms. The Bertz CT molecular complexity index is 459. The lowest BCUT2D eigenvalue weighted by atomic mass is 10.1. The van der Waals surface area contributed by atoms with Crippen LogP contribution in [0.3, 0.4) is 0 Å². The van der Waals surface area contributed by atoms with Crippen LogP contribution in [0.5, 0.6) is 0 Å². The smallest absolute Gasteiger partial charge is 0.212 e. The Morgan fingerprint density at radius 2 is 1.71 bits per heavy atom. The fourth-order valence-electron chi connectivity index (χ4n) is 1.69. The van der Waals surface area contributed by atoms with Gasteiger partial charge in [-0.25, -0.2) is 8.42 Å². The number of hydrogen-bond donors (Lipinski definition) is 0. The molecule has 0 amide bonds. The standard InChI is InChI=1S/C13H20O2S2/c1-5-10-13(3,4)16-17(14,15)12-8-6-11(2)7-9-12/h6-9H,5,10H2,1-4H3. The Balaban J connectivity index is 2.93. The van der Waals surface area contributed by atoms with Gasteiger partial charge in [-0.3, -0.25) is 0 Å². The summed E-state index contributed by atoms with van der Waals surface area (Å²) >= 11 is 0. The molecular weight excluding hydrogens is 252 g/mol. The molecule has 0 atom stereocenters. The maximum Gasteiger partial charge on any atom is 0.230 e. The molecule has 0 fully saturated rings. The van der Waals surface area contributed by atoms with E-state index in [9.17, 15) is 8.42 Å². The second kappa shape index (κ2) is 5.44. The minimum Gasteiger partial charge on any atom is -0.212 e. The second-order valence-electron chi connectivity index (χ2n) is 4.86. The third-order valence-corrected chi connectivity index (χ3v) is 6.81. The molecular formula is C13H20O2S2. The number of benzene rings is 1. The van der Waals surface area contributed by atoms with Gasteiger partial charge in [0.05, 0.1) is 4.90 Å². The van der Waals surface area contributed by atoms with Crippen molar-refractivity contribution in [3.05, 3.63) is 29.8 Å². The highest BCUT2D eigenvalue weighted by molar-refractivity contribution is 8.72. The maximum absolute atomic E-state index is 12.2. The lowest BCUT2D eigenvalue weighted by Crippen LogP contribution is -2.17. The zero-order chi connectivity index (χ0) is 13.1. The van der Waals surface area contributed by atoms with Crippen molar-refractivity contribution in [3.63, 3.8) is 0 Å². The molecule has 0 unspecified atom stereocenters. The van der Waals surface area contributed by atoms with Crippen LogP contribution in [0.4, 0.5) is 0 Å². The summed E-state index contributed by atoms with van der Waals surface area (Å²) in [4.78, 5) is 0.400. The summed E-state index contributed by atoms with van der Waals surface area (Å²) in [6, 6.07) is 7.03. The first-order chi connectivity index (χ1) is 7.77. The van der Waals surface area contributed by atoms with E-state index in [4.69, 9.17) is 0 Å². The summed E-state index contributed by atoms with van der Waals surface area (Å²) in [5.41, 5.74) is 1.07. The summed E-state index contributed by atoms with van der Waals surface area (Å²) in [6.45, 7) is 7.98. The molecule has 1 aromatic carbocycles. The van der Waals surface area contributed by atoms with E-state index in [1.165, 1.54) is 0 Å². The van der Waals surface area contributed by atoms with Crippen molar-refractivity contribution < 1.29 is 8.42 Å². The van der Waals surface area contributed by atoms with Crippen molar-refractivity contribution in [2.45, 2.75) is 50.2 Å². The van der Waals surface area contributed by atoms with Gasteiger partial charge in [0.25, 0.3) is 0 Å². The van der Waals surface area contributed by atoms with Gasteiger partial charge in [0.15, 0.2) is 0 Å². The maximum atomic E-state index is 12.2. The predicted molar refractivity (Wildman–Crippen MR) is 74.9 cm³/mol. The molecule has 17 heavy (non-hydrogen) atoms. The molecule has 1 aromatic rings. The van der Waals surface area contributed by atoms with E-state index in [-0.39, 0.29) is 4.75 Å². The van der Waals surface area contributed by atoms with Crippen molar-refractivity contribution in [2.24, 2.45) is 0 Å². The number of hydrogen-bond acceptors (Lipinski definition) is 3. The molecule has 0 aliphatic rings. The van der Waals surface area contributed by atoms with Crippen LogP contribution in [0.15, 0.2) is 29.2 Å². The van der Waals surface area contributed by atoms with E-state index in [1.54, 1.807) is 12.1 Å². The Labute approximate surface area is 108 Å². The minimum atomic E-state index is -3.24. The van der Waals surface area contributed by atoms with Crippen molar-refractivity contribution >= 4 is 19.7 Å². The summed E-state index contributed by atoms with van der Waals surface area (Å²) in [7, 11) is -2.18. The van der Waals surface area contributed by atoms with Crippen molar-refractivity contribution in [2.75, 3.05) is 0 Å². The van der Waals surface area contributed by atoms with E-state index in [0.717, 1.165) is 29.2 Å². The lowest BCUT2D eigenvalue weighted by Gasteiger charge is -2.22. The van der Waals surface area contributed by atoms with E-state index in [1.807, 2.05) is 32.9 Å².